The van der Waals surface area contributed by atoms with Gasteiger partial charge in [-0.3, -0.25) is 14.2 Å². The van der Waals surface area contributed by atoms with E-state index in [1.807, 2.05) is 13.8 Å². The van der Waals surface area contributed by atoms with Crippen LogP contribution in [0.2, 0.25) is 0 Å². The third-order valence-electron chi connectivity index (χ3n) is 3.08. The molecular formula is C13H23N3O2S. The number of carbonyl (C=O) groups excluding carboxylic acids is 1. The summed E-state index contributed by atoms with van der Waals surface area (Å²) in [5, 5.41) is 2.89. The maximum Gasteiger partial charge on any atom is 0.308 e. The number of nitrogens with one attached hydrogen (secondary N) is 1. The molecule has 3 N–H and O–H groups in total. The normalized spacial score (nSPS) is 12.7. The van der Waals surface area contributed by atoms with Crippen molar-refractivity contribution >= 4 is 17.2 Å². The molecule has 0 aliphatic carbocycles. The molecule has 5 nitrogen and oxygen atoms in total. The fourth-order valence-corrected chi connectivity index (χ4v) is 2.80. The lowest BCUT2D eigenvalue weighted by Gasteiger charge is -2.19. The highest BCUT2D eigenvalue weighted by molar-refractivity contribution is 7.09. The van der Waals surface area contributed by atoms with E-state index in [4.69, 9.17) is 5.73 Å². The van der Waals surface area contributed by atoms with Gasteiger partial charge in [0.25, 0.3) is 0 Å². The van der Waals surface area contributed by atoms with E-state index < -0.39 is 0 Å². The Balaban J connectivity index is 2.67. The van der Waals surface area contributed by atoms with Crippen molar-refractivity contribution in [2.24, 2.45) is 11.7 Å². The smallest absolute Gasteiger partial charge is 0.308 e. The van der Waals surface area contributed by atoms with Crippen molar-refractivity contribution in [3.05, 3.63) is 20.2 Å². The van der Waals surface area contributed by atoms with Crippen LogP contribution in [0.5, 0.6) is 0 Å². The molecule has 0 spiro atoms. The summed E-state index contributed by atoms with van der Waals surface area (Å²) in [5.41, 5.74) is 6.51. The van der Waals surface area contributed by atoms with Gasteiger partial charge in [0.15, 0.2) is 0 Å². The third-order valence-corrected chi connectivity index (χ3v) is 4.08. The summed E-state index contributed by atoms with van der Waals surface area (Å²) < 4.78 is 1.51. The van der Waals surface area contributed by atoms with Gasteiger partial charge in [-0.15, -0.1) is 0 Å². The number of rotatable bonds is 6. The van der Waals surface area contributed by atoms with Gasteiger partial charge in [-0.2, -0.15) is 0 Å². The average Bonchev–Trinajstić information content (AvgIpc) is 2.54. The number of aryl methyl sites for hydroxylation is 1. The van der Waals surface area contributed by atoms with Gasteiger partial charge in [-0.05, 0) is 26.2 Å². The lowest BCUT2D eigenvalue weighted by atomic mass is 10.0. The maximum atomic E-state index is 12.0. The summed E-state index contributed by atoms with van der Waals surface area (Å²) in [6.07, 6.45) is 0.846. The second-order valence-corrected chi connectivity index (χ2v) is 6.39. The molecule has 1 aromatic heterocycles. The van der Waals surface area contributed by atoms with Crippen LogP contribution < -0.4 is 15.9 Å². The van der Waals surface area contributed by atoms with Crippen LogP contribution in [-0.4, -0.2) is 23.1 Å². The monoisotopic (exact) mass is 285 g/mol. The number of nitrogens with two attached hydrogens (primary N) is 1. The van der Waals surface area contributed by atoms with Gasteiger partial charge in [0.05, 0.1) is 0 Å². The number of thiazole rings is 1. The fourth-order valence-electron chi connectivity index (χ4n) is 1.97. The number of aromatic nitrogens is 1. The van der Waals surface area contributed by atoms with Crippen molar-refractivity contribution < 1.29 is 4.79 Å². The number of hydrogen-bond acceptors (Lipinski definition) is 4. The first-order valence-electron chi connectivity index (χ1n) is 6.51. The Morgan fingerprint density at radius 1 is 1.42 bits per heavy atom. The van der Waals surface area contributed by atoms with Crippen LogP contribution in [0.3, 0.4) is 0 Å². The molecule has 0 saturated carbocycles. The first-order chi connectivity index (χ1) is 8.85. The quantitative estimate of drug-likeness (QED) is 0.819. The summed E-state index contributed by atoms with van der Waals surface area (Å²) in [5.74, 6) is 0.320. The Morgan fingerprint density at radius 2 is 2.05 bits per heavy atom. The number of nitrogens with zero attached hydrogens (tertiary/aromatic N) is 1. The van der Waals surface area contributed by atoms with E-state index in [1.165, 1.54) is 15.9 Å². The molecule has 0 radical (unpaired) electrons. The molecule has 0 aliphatic heterocycles. The Hall–Kier alpha value is -1.14. The average molecular weight is 285 g/mol. The largest absolute Gasteiger partial charge is 0.351 e. The fraction of sp³-hybridized carbons (Fsp3) is 0.692. The molecule has 1 amide bonds. The molecule has 108 valence electrons. The molecule has 1 rings (SSSR count). The Kier molecular flexibility index (Phi) is 5.75. The van der Waals surface area contributed by atoms with Gasteiger partial charge < -0.3 is 11.1 Å². The molecule has 19 heavy (non-hydrogen) atoms. The summed E-state index contributed by atoms with van der Waals surface area (Å²) in [7, 11) is 0. The Labute approximate surface area is 117 Å². The predicted octanol–water partition coefficient (Wildman–Crippen LogP) is 1.02. The zero-order valence-electron chi connectivity index (χ0n) is 12.0. The van der Waals surface area contributed by atoms with Crippen molar-refractivity contribution in [2.45, 2.75) is 46.7 Å². The Morgan fingerprint density at radius 3 is 2.47 bits per heavy atom. The minimum absolute atomic E-state index is 0.0248. The highest BCUT2D eigenvalue weighted by Gasteiger charge is 2.15. The van der Waals surface area contributed by atoms with Gasteiger partial charge in [0.2, 0.25) is 5.91 Å². The predicted molar refractivity (Wildman–Crippen MR) is 78.5 cm³/mol. The summed E-state index contributed by atoms with van der Waals surface area (Å²) in [6, 6.07) is -0.0248. The van der Waals surface area contributed by atoms with Crippen LogP contribution in [0.25, 0.3) is 0 Å². The minimum Gasteiger partial charge on any atom is -0.351 e. The number of amides is 1. The van der Waals surface area contributed by atoms with Gasteiger partial charge in [0, 0.05) is 23.2 Å². The third kappa shape index (κ3) is 4.47. The van der Waals surface area contributed by atoms with E-state index in [0.29, 0.717) is 12.5 Å². The molecule has 1 unspecified atom stereocenters. The summed E-state index contributed by atoms with van der Waals surface area (Å²) in [6.45, 7) is 8.41. The molecule has 0 bridgehead atoms. The highest BCUT2D eigenvalue weighted by Crippen LogP contribution is 2.09. The summed E-state index contributed by atoms with van der Waals surface area (Å²) in [4.78, 5) is 24.5. The van der Waals surface area contributed by atoms with Gasteiger partial charge in [0.1, 0.15) is 6.54 Å². The molecule has 0 fully saturated rings. The first-order valence-corrected chi connectivity index (χ1v) is 7.33. The SMILES string of the molecule is Cc1sc(=O)n(CC(=O)NC(CN)CC(C)C)c1C. The zero-order chi connectivity index (χ0) is 14.6. The van der Waals surface area contributed by atoms with Crippen molar-refractivity contribution in [1.29, 1.82) is 0 Å². The maximum absolute atomic E-state index is 12.0. The minimum atomic E-state index is -0.154. The van der Waals surface area contributed by atoms with Crippen molar-refractivity contribution in [1.82, 2.24) is 9.88 Å². The van der Waals surface area contributed by atoms with Gasteiger partial charge in [-0.1, -0.05) is 25.2 Å². The molecule has 1 heterocycles. The second-order valence-electron chi connectivity index (χ2n) is 5.23. The molecule has 0 aliphatic rings. The van der Waals surface area contributed by atoms with Crippen molar-refractivity contribution in [3.63, 3.8) is 0 Å². The lowest BCUT2D eigenvalue weighted by molar-refractivity contribution is -0.122. The van der Waals surface area contributed by atoms with E-state index in [-0.39, 0.29) is 23.4 Å². The van der Waals surface area contributed by atoms with Crippen LogP contribution in [0.4, 0.5) is 0 Å². The van der Waals surface area contributed by atoms with E-state index in [0.717, 1.165) is 17.0 Å². The van der Waals surface area contributed by atoms with E-state index in [1.54, 1.807) is 0 Å². The van der Waals surface area contributed by atoms with Crippen molar-refractivity contribution in [3.8, 4) is 0 Å². The Bertz CT molecular complexity index is 491. The standard InChI is InChI=1S/C13H23N3O2S/c1-8(2)5-11(6-14)15-12(17)7-16-9(3)10(4)19-13(16)18/h8,11H,5-7,14H2,1-4H3,(H,15,17). The topological polar surface area (TPSA) is 77.1 Å². The van der Waals surface area contributed by atoms with Crippen molar-refractivity contribution in [2.75, 3.05) is 6.54 Å². The molecule has 6 heteroatoms. The van der Waals surface area contributed by atoms with Crippen LogP contribution in [-0.2, 0) is 11.3 Å². The lowest BCUT2D eigenvalue weighted by Crippen LogP contribution is -2.43. The van der Waals surface area contributed by atoms with Crippen LogP contribution in [0.15, 0.2) is 4.79 Å². The van der Waals surface area contributed by atoms with Crippen LogP contribution >= 0.6 is 11.3 Å². The summed E-state index contributed by atoms with van der Waals surface area (Å²) >= 11 is 1.18. The van der Waals surface area contributed by atoms with Gasteiger partial charge >= 0.3 is 4.87 Å². The van der Waals surface area contributed by atoms with Crippen LogP contribution in [0.1, 0.15) is 30.8 Å². The van der Waals surface area contributed by atoms with E-state index >= 15 is 0 Å². The molecule has 1 atom stereocenters. The molecule has 0 aromatic carbocycles. The number of hydrogen-bond donors (Lipinski definition) is 2. The van der Waals surface area contributed by atoms with Crippen LogP contribution in [0, 0.1) is 19.8 Å². The first kappa shape index (κ1) is 15.9. The number of carbonyl (C=O) groups is 1. The van der Waals surface area contributed by atoms with E-state index in [9.17, 15) is 9.59 Å². The molecule has 0 saturated heterocycles. The molecular weight excluding hydrogens is 262 g/mol. The second kappa shape index (κ2) is 6.86. The van der Waals surface area contributed by atoms with E-state index in [2.05, 4.69) is 19.2 Å². The van der Waals surface area contributed by atoms with Gasteiger partial charge in [-0.25, -0.2) is 0 Å². The highest BCUT2D eigenvalue weighted by atomic mass is 32.1. The zero-order valence-corrected chi connectivity index (χ0v) is 12.8. The molecule has 1 aromatic rings.